The number of carbonyl (C=O) groups excluding carboxylic acids is 2. The number of piperazine rings is 1. The van der Waals surface area contributed by atoms with Gasteiger partial charge in [0.2, 0.25) is 5.91 Å². The maximum Gasteiger partial charge on any atom is 0.264 e. The summed E-state index contributed by atoms with van der Waals surface area (Å²) in [6.45, 7) is 6.38. The fourth-order valence-corrected chi connectivity index (χ4v) is 3.98. The summed E-state index contributed by atoms with van der Waals surface area (Å²) in [4.78, 5) is 29.7. The number of nitrogens with one attached hydrogen (secondary N) is 1. The van der Waals surface area contributed by atoms with E-state index in [1.54, 1.807) is 0 Å². The van der Waals surface area contributed by atoms with Crippen LogP contribution in [0.1, 0.15) is 29.4 Å². The van der Waals surface area contributed by atoms with E-state index in [1.165, 1.54) is 11.3 Å². The third-order valence-corrected chi connectivity index (χ3v) is 5.56. The normalized spacial score (nSPS) is 26.0. The van der Waals surface area contributed by atoms with Gasteiger partial charge in [-0.1, -0.05) is 6.07 Å². The summed E-state index contributed by atoms with van der Waals surface area (Å²) in [5.74, 6) is 0.329. The van der Waals surface area contributed by atoms with Crippen LogP contribution in [-0.4, -0.2) is 60.9 Å². The van der Waals surface area contributed by atoms with Crippen molar-refractivity contribution in [2.24, 2.45) is 5.41 Å². The summed E-state index contributed by atoms with van der Waals surface area (Å²) in [5, 5.41) is 5.25. The lowest BCUT2D eigenvalue weighted by Crippen LogP contribution is -2.56. The Bertz CT molecular complexity index is 530. The van der Waals surface area contributed by atoms with Gasteiger partial charge in [-0.25, -0.2) is 0 Å². The molecule has 2 aliphatic heterocycles. The molecule has 120 valence electrons. The number of amides is 2. The highest BCUT2D eigenvalue weighted by molar-refractivity contribution is 7.12. The Balaban J connectivity index is 1.57. The molecule has 0 saturated carbocycles. The van der Waals surface area contributed by atoms with Gasteiger partial charge in [-0.3, -0.25) is 9.59 Å². The molecule has 6 heteroatoms. The third-order valence-electron chi connectivity index (χ3n) is 4.70. The smallest absolute Gasteiger partial charge is 0.264 e. The molecule has 0 bridgehead atoms. The quantitative estimate of drug-likeness (QED) is 0.896. The van der Waals surface area contributed by atoms with Crippen molar-refractivity contribution in [3.8, 4) is 0 Å². The number of carbonyl (C=O) groups is 2. The van der Waals surface area contributed by atoms with Gasteiger partial charge < -0.3 is 15.1 Å². The molecule has 0 aliphatic carbocycles. The Morgan fingerprint density at radius 2 is 1.95 bits per heavy atom. The van der Waals surface area contributed by atoms with Crippen molar-refractivity contribution < 1.29 is 9.59 Å². The van der Waals surface area contributed by atoms with Crippen LogP contribution in [-0.2, 0) is 4.79 Å². The highest BCUT2D eigenvalue weighted by Crippen LogP contribution is 2.28. The minimum Gasteiger partial charge on any atom is -0.339 e. The Morgan fingerprint density at radius 3 is 2.55 bits per heavy atom. The maximum atomic E-state index is 12.8. The largest absolute Gasteiger partial charge is 0.339 e. The fourth-order valence-electron chi connectivity index (χ4n) is 3.29. The summed E-state index contributed by atoms with van der Waals surface area (Å²) >= 11 is 1.47. The molecule has 1 atom stereocenters. The van der Waals surface area contributed by atoms with Gasteiger partial charge >= 0.3 is 0 Å². The standard InChI is InChI=1S/C16H23N3O2S/c1-16(5-3-6-17-12-16)15(21)19-9-7-18(8-10-19)14(20)13-4-2-11-22-13/h2,4,11,17H,3,5-10,12H2,1H3. The summed E-state index contributed by atoms with van der Waals surface area (Å²) in [6, 6.07) is 3.76. The minimum atomic E-state index is -0.280. The van der Waals surface area contributed by atoms with Crippen molar-refractivity contribution in [2.75, 3.05) is 39.3 Å². The summed E-state index contributed by atoms with van der Waals surface area (Å²) in [7, 11) is 0. The van der Waals surface area contributed by atoms with Crippen molar-refractivity contribution in [1.29, 1.82) is 0 Å². The predicted octanol–water partition coefficient (Wildman–Crippen LogP) is 1.42. The second-order valence-electron chi connectivity index (χ2n) is 6.40. The topological polar surface area (TPSA) is 52.7 Å². The van der Waals surface area contributed by atoms with Crippen LogP contribution < -0.4 is 5.32 Å². The van der Waals surface area contributed by atoms with Crippen LogP contribution in [0.3, 0.4) is 0 Å². The molecule has 1 aromatic heterocycles. The van der Waals surface area contributed by atoms with Crippen LogP contribution in [0, 0.1) is 5.41 Å². The molecule has 3 rings (SSSR count). The Hall–Kier alpha value is -1.40. The highest BCUT2D eigenvalue weighted by Gasteiger charge is 2.39. The number of thiophene rings is 1. The van der Waals surface area contributed by atoms with Gasteiger partial charge in [-0.15, -0.1) is 11.3 Å². The van der Waals surface area contributed by atoms with Crippen LogP contribution in [0.2, 0.25) is 0 Å². The average molecular weight is 321 g/mol. The van der Waals surface area contributed by atoms with E-state index >= 15 is 0 Å². The van der Waals surface area contributed by atoms with Crippen molar-refractivity contribution in [2.45, 2.75) is 19.8 Å². The summed E-state index contributed by atoms with van der Waals surface area (Å²) in [6.07, 6.45) is 2.01. The van der Waals surface area contributed by atoms with Gasteiger partial charge in [0.1, 0.15) is 0 Å². The Kier molecular flexibility index (Phi) is 4.49. The van der Waals surface area contributed by atoms with Gasteiger partial charge in [-0.2, -0.15) is 0 Å². The van der Waals surface area contributed by atoms with Crippen molar-refractivity contribution in [3.63, 3.8) is 0 Å². The SMILES string of the molecule is CC1(C(=O)N2CCN(C(=O)c3cccs3)CC2)CCCNC1. The second kappa shape index (κ2) is 6.38. The molecule has 2 saturated heterocycles. The van der Waals surface area contributed by atoms with E-state index in [0.29, 0.717) is 26.2 Å². The lowest BCUT2D eigenvalue weighted by atomic mass is 9.81. The average Bonchev–Trinajstić information content (AvgIpc) is 3.09. The zero-order valence-corrected chi connectivity index (χ0v) is 13.8. The van der Waals surface area contributed by atoms with Gasteiger partial charge in [0.25, 0.3) is 5.91 Å². The number of nitrogens with zero attached hydrogens (tertiary/aromatic N) is 2. The second-order valence-corrected chi connectivity index (χ2v) is 7.35. The molecule has 1 unspecified atom stereocenters. The molecule has 2 aliphatic rings. The zero-order valence-electron chi connectivity index (χ0n) is 13.0. The summed E-state index contributed by atoms with van der Waals surface area (Å²) < 4.78 is 0. The van der Waals surface area contributed by atoms with Gasteiger partial charge in [-0.05, 0) is 37.8 Å². The molecular weight excluding hydrogens is 298 g/mol. The minimum absolute atomic E-state index is 0.0904. The molecule has 2 amide bonds. The monoisotopic (exact) mass is 321 g/mol. The molecule has 0 spiro atoms. The van der Waals surface area contributed by atoms with E-state index in [0.717, 1.165) is 30.8 Å². The zero-order chi connectivity index (χ0) is 15.6. The lowest BCUT2D eigenvalue weighted by molar-refractivity contribution is -0.143. The van der Waals surface area contributed by atoms with Crippen LogP contribution >= 0.6 is 11.3 Å². The van der Waals surface area contributed by atoms with Crippen molar-refractivity contribution in [1.82, 2.24) is 15.1 Å². The van der Waals surface area contributed by atoms with E-state index in [2.05, 4.69) is 12.2 Å². The fraction of sp³-hybridized carbons (Fsp3) is 0.625. The first-order chi connectivity index (χ1) is 10.6. The van der Waals surface area contributed by atoms with Crippen LogP contribution in [0.5, 0.6) is 0 Å². The maximum absolute atomic E-state index is 12.8. The van der Waals surface area contributed by atoms with Gasteiger partial charge in [0, 0.05) is 32.7 Å². The molecule has 1 aromatic rings. The first kappa shape index (κ1) is 15.5. The van der Waals surface area contributed by atoms with E-state index in [1.807, 2.05) is 27.3 Å². The van der Waals surface area contributed by atoms with E-state index in [4.69, 9.17) is 0 Å². The third kappa shape index (κ3) is 3.03. The molecular formula is C16H23N3O2S. The highest BCUT2D eigenvalue weighted by atomic mass is 32.1. The first-order valence-corrected chi connectivity index (χ1v) is 8.81. The predicted molar refractivity (Wildman–Crippen MR) is 87.0 cm³/mol. The molecule has 5 nitrogen and oxygen atoms in total. The Morgan fingerprint density at radius 1 is 1.23 bits per heavy atom. The summed E-state index contributed by atoms with van der Waals surface area (Å²) in [5.41, 5.74) is -0.280. The molecule has 0 aromatic carbocycles. The lowest BCUT2D eigenvalue weighted by Gasteiger charge is -2.41. The molecule has 0 radical (unpaired) electrons. The molecule has 1 N–H and O–H groups in total. The first-order valence-electron chi connectivity index (χ1n) is 7.93. The van der Waals surface area contributed by atoms with Crippen molar-refractivity contribution >= 4 is 23.2 Å². The van der Waals surface area contributed by atoms with E-state index < -0.39 is 0 Å². The van der Waals surface area contributed by atoms with Gasteiger partial charge in [0.15, 0.2) is 0 Å². The number of piperidine rings is 1. The van der Waals surface area contributed by atoms with Gasteiger partial charge in [0.05, 0.1) is 10.3 Å². The van der Waals surface area contributed by atoms with E-state index in [9.17, 15) is 9.59 Å². The molecule has 2 fully saturated rings. The number of hydrogen-bond donors (Lipinski definition) is 1. The Labute approximate surface area is 135 Å². The van der Waals surface area contributed by atoms with Crippen LogP contribution in [0.4, 0.5) is 0 Å². The number of rotatable bonds is 2. The molecule has 22 heavy (non-hydrogen) atoms. The van der Waals surface area contributed by atoms with Crippen LogP contribution in [0.15, 0.2) is 17.5 Å². The van der Waals surface area contributed by atoms with E-state index in [-0.39, 0.29) is 17.2 Å². The van der Waals surface area contributed by atoms with Crippen molar-refractivity contribution in [3.05, 3.63) is 22.4 Å². The number of hydrogen-bond acceptors (Lipinski definition) is 4. The molecule has 3 heterocycles. The van der Waals surface area contributed by atoms with Crippen LogP contribution in [0.25, 0.3) is 0 Å².